The van der Waals surface area contributed by atoms with Crippen molar-refractivity contribution in [1.82, 2.24) is 0 Å². The molecule has 1 atom stereocenters. The van der Waals surface area contributed by atoms with E-state index >= 15 is 0 Å². The van der Waals surface area contributed by atoms with Gasteiger partial charge in [0.1, 0.15) is 5.78 Å². The van der Waals surface area contributed by atoms with Gasteiger partial charge < -0.3 is 5.73 Å². The van der Waals surface area contributed by atoms with Gasteiger partial charge in [-0.2, -0.15) is 0 Å². The van der Waals surface area contributed by atoms with Gasteiger partial charge in [0.2, 0.25) is 0 Å². The van der Waals surface area contributed by atoms with Crippen LogP contribution in [0, 0.1) is 5.41 Å². The minimum absolute atomic E-state index is 0.158. The lowest BCUT2D eigenvalue weighted by atomic mass is 9.80. The van der Waals surface area contributed by atoms with Crippen LogP contribution in [0.5, 0.6) is 0 Å². The van der Waals surface area contributed by atoms with Crippen molar-refractivity contribution in [3.63, 3.8) is 0 Å². The predicted octanol–water partition coefficient (Wildman–Crippen LogP) is 2.83. The molecule has 3 heteroatoms. The highest BCUT2D eigenvalue weighted by molar-refractivity contribution is 6.31. The fourth-order valence-corrected chi connectivity index (χ4v) is 1.69. The van der Waals surface area contributed by atoms with E-state index in [2.05, 4.69) is 0 Å². The molecule has 16 heavy (non-hydrogen) atoms. The topological polar surface area (TPSA) is 43.1 Å². The molecule has 0 spiro atoms. The van der Waals surface area contributed by atoms with Gasteiger partial charge in [0, 0.05) is 23.4 Å². The van der Waals surface area contributed by atoms with Gasteiger partial charge >= 0.3 is 0 Å². The van der Waals surface area contributed by atoms with E-state index in [0.29, 0.717) is 18.0 Å². The molecule has 88 valence electrons. The zero-order valence-electron chi connectivity index (χ0n) is 9.79. The number of carbonyl (C=O) groups excluding carboxylic acids is 1. The van der Waals surface area contributed by atoms with Gasteiger partial charge in [-0.15, -0.1) is 0 Å². The maximum Gasteiger partial charge on any atom is 0.144 e. The third-order valence-electron chi connectivity index (χ3n) is 3.21. The van der Waals surface area contributed by atoms with Crippen LogP contribution in [0.15, 0.2) is 24.3 Å². The molecule has 0 aliphatic carbocycles. The number of Topliss-reactive ketones (excluding diaryl/α,β-unsaturated/α-hetero) is 1. The Morgan fingerprint density at radius 2 is 2.06 bits per heavy atom. The first-order chi connectivity index (χ1) is 7.53. The van der Waals surface area contributed by atoms with Gasteiger partial charge in [-0.05, 0) is 18.1 Å². The largest absolute Gasteiger partial charge is 0.329 e. The van der Waals surface area contributed by atoms with Gasteiger partial charge in [0.15, 0.2) is 0 Å². The smallest absolute Gasteiger partial charge is 0.144 e. The molecule has 0 radical (unpaired) electrons. The number of benzene rings is 1. The molecule has 1 rings (SSSR count). The number of carbonyl (C=O) groups is 1. The van der Waals surface area contributed by atoms with E-state index in [4.69, 9.17) is 17.3 Å². The molecule has 0 aliphatic rings. The Hall–Kier alpha value is -0.860. The Bertz CT molecular complexity index is 372. The number of ketones is 1. The maximum atomic E-state index is 12.1. The maximum absolute atomic E-state index is 12.1. The fourth-order valence-electron chi connectivity index (χ4n) is 1.48. The Morgan fingerprint density at radius 3 is 2.56 bits per heavy atom. The van der Waals surface area contributed by atoms with Crippen LogP contribution >= 0.6 is 11.6 Å². The molecule has 0 fully saturated rings. The van der Waals surface area contributed by atoms with Crippen molar-refractivity contribution in [3.05, 3.63) is 34.9 Å². The molecule has 0 saturated carbocycles. The van der Waals surface area contributed by atoms with Crippen LogP contribution in [0.3, 0.4) is 0 Å². The zero-order chi connectivity index (χ0) is 12.2. The summed E-state index contributed by atoms with van der Waals surface area (Å²) in [5.74, 6) is 0.158. The van der Waals surface area contributed by atoms with Crippen LogP contribution in [0.25, 0.3) is 0 Å². The normalized spacial score (nSPS) is 14.5. The summed E-state index contributed by atoms with van der Waals surface area (Å²) in [7, 11) is 0. The standard InChI is InChI=1S/C13H18ClNO/c1-3-13(2,9-15)12(16)8-10-6-4-5-7-11(10)14/h4-7H,3,8-9,15H2,1-2H3. The van der Waals surface area contributed by atoms with E-state index in [-0.39, 0.29) is 5.78 Å². The predicted molar refractivity (Wildman–Crippen MR) is 67.6 cm³/mol. The zero-order valence-corrected chi connectivity index (χ0v) is 10.6. The van der Waals surface area contributed by atoms with E-state index in [1.54, 1.807) is 6.07 Å². The van der Waals surface area contributed by atoms with Crippen LogP contribution < -0.4 is 5.73 Å². The second kappa shape index (κ2) is 5.46. The molecule has 0 aromatic heterocycles. The first-order valence-corrected chi connectivity index (χ1v) is 5.88. The summed E-state index contributed by atoms with van der Waals surface area (Å²) < 4.78 is 0. The van der Waals surface area contributed by atoms with Gasteiger partial charge in [-0.1, -0.05) is 43.6 Å². The van der Waals surface area contributed by atoms with E-state index in [9.17, 15) is 4.79 Å². The van der Waals surface area contributed by atoms with Gasteiger partial charge in [-0.25, -0.2) is 0 Å². The molecule has 0 aliphatic heterocycles. The fraction of sp³-hybridized carbons (Fsp3) is 0.462. The van der Waals surface area contributed by atoms with E-state index in [0.717, 1.165) is 12.0 Å². The number of hydrogen-bond acceptors (Lipinski definition) is 2. The monoisotopic (exact) mass is 239 g/mol. The summed E-state index contributed by atoms with van der Waals surface area (Å²) in [6.07, 6.45) is 1.12. The Kier molecular flexibility index (Phi) is 4.51. The summed E-state index contributed by atoms with van der Waals surface area (Å²) in [5.41, 5.74) is 6.10. The lowest BCUT2D eigenvalue weighted by molar-refractivity contribution is -0.126. The summed E-state index contributed by atoms with van der Waals surface area (Å²) in [6, 6.07) is 7.43. The van der Waals surface area contributed by atoms with Crippen LogP contribution in [0.1, 0.15) is 25.8 Å². The SMILES string of the molecule is CCC(C)(CN)C(=O)Cc1ccccc1Cl. The molecule has 2 N–H and O–H groups in total. The van der Waals surface area contributed by atoms with Gasteiger partial charge in [0.25, 0.3) is 0 Å². The summed E-state index contributed by atoms with van der Waals surface area (Å²) in [4.78, 5) is 12.1. The molecule has 0 bridgehead atoms. The van der Waals surface area contributed by atoms with Gasteiger partial charge in [0.05, 0.1) is 0 Å². The summed E-state index contributed by atoms with van der Waals surface area (Å²) in [6.45, 7) is 4.27. The van der Waals surface area contributed by atoms with Crippen LogP contribution in [0.4, 0.5) is 0 Å². The number of rotatable bonds is 5. The first-order valence-electron chi connectivity index (χ1n) is 5.50. The van der Waals surface area contributed by atoms with Crippen molar-refractivity contribution in [1.29, 1.82) is 0 Å². The molecule has 0 saturated heterocycles. The van der Waals surface area contributed by atoms with Crippen molar-refractivity contribution < 1.29 is 4.79 Å². The highest BCUT2D eigenvalue weighted by atomic mass is 35.5. The number of hydrogen-bond donors (Lipinski definition) is 1. The Labute approximate surface area is 102 Å². The lowest BCUT2D eigenvalue weighted by Crippen LogP contribution is -2.36. The molecule has 0 heterocycles. The van der Waals surface area contributed by atoms with Crippen LogP contribution in [0.2, 0.25) is 5.02 Å². The van der Waals surface area contributed by atoms with E-state index < -0.39 is 5.41 Å². The summed E-state index contributed by atoms with van der Waals surface area (Å²) >= 11 is 6.02. The third kappa shape index (κ3) is 2.83. The molecular formula is C13H18ClNO. The number of halogens is 1. The van der Waals surface area contributed by atoms with Crippen molar-refractivity contribution in [3.8, 4) is 0 Å². The average Bonchev–Trinajstić information content (AvgIpc) is 2.31. The molecular weight excluding hydrogens is 222 g/mol. The second-order valence-corrected chi connectivity index (χ2v) is 4.72. The van der Waals surface area contributed by atoms with Crippen molar-refractivity contribution in [2.24, 2.45) is 11.1 Å². The second-order valence-electron chi connectivity index (χ2n) is 4.31. The van der Waals surface area contributed by atoms with Crippen LogP contribution in [-0.2, 0) is 11.2 Å². The molecule has 1 unspecified atom stereocenters. The quantitative estimate of drug-likeness (QED) is 0.859. The first kappa shape index (κ1) is 13.2. The molecule has 1 aromatic carbocycles. The van der Waals surface area contributed by atoms with Crippen LogP contribution in [-0.4, -0.2) is 12.3 Å². The van der Waals surface area contributed by atoms with E-state index in [1.807, 2.05) is 32.0 Å². The molecule has 2 nitrogen and oxygen atoms in total. The Balaban J connectivity index is 2.83. The van der Waals surface area contributed by atoms with Crippen molar-refractivity contribution in [2.75, 3.05) is 6.54 Å². The Morgan fingerprint density at radius 1 is 1.44 bits per heavy atom. The highest BCUT2D eigenvalue weighted by Crippen LogP contribution is 2.25. The van der Waals surface area contributed by atoms with E-state index in [1.165, 1.54) is 0 Å². The molecule has 1 aromatic rings. The minimum Gasteiger partial charge on any atom is -0.329 e. The minimum atomic E-state index is -0.431. The third-order valence-corrected chi connectivity index (χ3v) is 3.58. The van der Waals surface area contributed by atoms with Gasteiger partial charge in [-0.3, -0.25) is 4.79 Å². The molecule has 0 amide bonds. The summed E-state index contributed by atoms with van der Waals surface area (Å²) in [5, 5.41) is 0.645. The average molecular weight is 240 g/mol. The number of nitrogens with two attached hydrogens (primary N) is 1. The van der Waals surface area contributed by atoms with Crippen molar-refractivity contribution >= 4 is 17.4 Å². The lowest BCUT2D eigenvalue weighted by Gasteiger charge is -2.24. The van der Waals surface area contributed by atoms with Crippen molar-refractivity contribution in [2.45, 2.75) is 26.7 Å². The highest BCUT2D eigenvalue weighted by Gasteiger charge is 2.29.